The molecular formula is C11H16N2O4. The van der Waals surface area contributed by atoms with Gasteiger partial charge in [0, 0.05) is 19.2 Å². The van der Waals surface area contributed by atoms with Crippen molar-refractivity contribution >= 4 is 5.91 Å². The molecule has 0 aliphatic heterocycles. The summed E-state index contributed by atoms with van der Waals surface area (Å²) >= 11 is 0. The van der Waals surface area contributed by atoms with E-state index in [0.717, 1.165) is 5.06 Å². The van der Waals surface area contributed by atoms with Gasteiger partial charge in [0.2, 0.25) is 11.8 Å². The van der Waals surface area contributed by atoms with Crippen molar-refractivity contribution in [3.63, 3.8) is 0 Å². The molecular weight excluding hydrogens is 224 g/mol. The van der Waals surface area contributed by atoms with Gasteiger partial charge in [0.25, 0.3) is 5.91 Å². The molecule has 1 amide bonds. The fourth-order valence-corrected chi connectivity index (χ4v) is 1.20. The minimum Gasteiger partial charge on any atom is -0.481 e. The van der Waals surface area contributed by atoms with Crippen molar-refractivity contribution in [1.29, 1.82) is 0 Å². The number of hydroxylamine groups is 2. The standard InChI is InChI=1S/C11H16N2O4/c1-5-17-10-7-8(6-9(12-10)15-3)11(14)13(2)16-4/h6-7H,5H2,1-4H3. The Bertz CT molecular complexity index is 395. The van der Waals surface area contributed by atoms with E-state index in [1.54, 1.807) is 6.07 Å². The van der Waals surface area contributed by atoms with Crippen molar-refractivity contribution < 1.29 is 19.1 Å². The molecule has 0 bridgehead atoms. The van der Waals surface area contributed by atoms with E-state index in [1.807, 2.05) is 6.92 Å². The predicted molar refractivity (Wildman–Crippen MR) is 61.1 cm³/mol. The first-order valence-electron chi connectivity index (χ1n) is 5.13. The molecule has 94 valence electrons. The second-order valence-electron chi connectivity index (χ2n) is 3.15. The molecule has 17 heavy (non-hydrogen) atoms. The average molecular weight is 240 g/mol. The Morgan fingerprint density at radius 1 is 1.35 bits per heavy atom. The molecule has 0 unspecified atom stereocenters. The smallest absolute Gasteiger partial charge is 0.277 e. The Hall–Kier alpha value is -1.82. The molecule has 0 aliphatic carbocycles. The van der Waals surface area contributed by atoms with Crippen LogP contribution in [0.5, 0.6) is 11.8 Å². The summed E-state index contributed by atoms with van der Waals surface area (Å²) in [4.78, 5) is 20.7. The van der Waals surface area contributed by atoms with Gasteiger partial charge in [-0.2, -0.15) is 4.98 Å². The number of pyridine rings is 1. The van der Waals surface area contributed by atoms with Crippen molar-refractivity contribution in [2.75, 3.05) is 27.9 Å². The van der Waals surface area contributed by atoms with Crippen molar-refractivity contribution in [3.05, 3.63) is 17.7 Å². The third kappa shape index (κ3) is 3.32. The zero-order chi connectivity index (χ0) is 12.8. The van der Waals surface area contributed by atoms with Crippen molar-refractivity contribution in [1.82, 2.24) is 10.0 Å². The van der Waals surface area contributed by atoms with E-state index in [1.165, 1.54) is 27.3 Å². The largest absolute Gasteiger partial charge is 0.481 e. The molecule has 1 rings (SSSR count). The second kappa shape index (κ2) is 6.05. The summed E-state index contributed by atoms with van der Waals surface area (Å²) < 4.78 is 10.3. The summed E-state index contributed by atoms with van der Waals surface area (Å²) in [7, 11) is 4.42. The summed E-state index contributed by atoms with van der Waals surface area (Å²) in [5, 5.41) is 1.12. The molecule has 0 saturated carbocycles. The molecule has 0 N–H and O–H groups in total. The Kier molecular flexibility index (Phi) is 4.71. The number of nitrogens with zero attached hydrogens (tertiary/aromatic N) is 2. The number of hydrogen-bond acceptors (Lipinski definition) is 5. The molecule has 1 heterocycles. The Morgan fingerprint density at radius 3 is 2.53 bits per heavy atom. The maximum Gasteiger partial charge on any atom is 0.277 e. The van der Waals surface area contributed by atoms with Crippen LogP contribution in [0.4, 0.5) is 0 Å². The molecule has 0 atom stereocenters. The van der Waals surface area contributed by atoms with E-state index >= 15 is 0 Å². The molecule has 0 aliphatic rings. The summed E-state index contributed by atoms with van der Waals surface area (Å²) in [5.74, 6) is 0.373. The highest BCUT2D eigenvalue weighted by atomic mass is 16.7. The van der Waals surface area contributed by atoms with Gasteiger partial charge in [-0.3, -0.25) is 9.63 Å². The van der Waals surface area contributed by atoms with Gasteiger partial charge in [-0.05, 0) is 6.92 Å². The molecule has 0 aromatic carbocycles. The van der Waals surface area contributed by atoms with Crippen LogP contribution < -0.4 is 9.47 Å². The highest BCUT2D eigenvalue weighted by Crippen LogP contribution is 2.18. The molecule has 0 spiro atoms. The molecule has 1 aromatic rings. The average Bonchev–Trinajstić information content (AvgIpc) is 2.36. The number of aromatic nitrogens is 1. The minimum atomic E-state index is -0.297. The van der Waals surface area contributed by atoms with Crippen molar-refractivity contribution in [3.8, 4) is 11.8 Å². The fourth-order valence-electron chi connectivity index (χ4n) is 1.20. The lowest BCUT2D eigenvalue weighted by Gasteiger charge is -2.14. The third-order valence-corrected chi connectivity index (χ3v) is 2.09. The summed E-state index contributed by atoms with van der Waals surface area (Å²) in [6, 6.07) is 3.07. The van der Waals surface area contributed by atoms with Crippen LogP contribution in [0, 0.1) is 0 Å². The van der Waals surface area contributed by atoms with Gasteiger partial charge in [-0.1, -0.05) is 0 Å². The quantitative estimate of drug-likeness (QED) is 0.722. The van der Waals surface area contributed by atoms with Crippen LogP contribution >= 0.6 is 0 Å². The van der Waals surface area contributed by atoms with E-state index in [-0.39, 0.29) is 5.91 Å². The Balaban J connectivity index is 3.05. The number of hydrogen-bond donors (Lipinski definition) is 0. The van der Waals surface area contributed by atoms with Crippen LogP contribution in [0.25, 0.3) is 0 Å². The van der Waals surface area contributed by atoms with Gasteiger partial charge in [0.15, 0.2) is 0 Å². The topological polar surface area (TPSA) is 60.9 Å². The van der Waals surface area contributed by atoms with Crippen LogP contribution in [-0.4, -0.2) is 43.8 Å². The van der Waals surface area contributed by atoms with Gasteiger partial charge in [0.05, 0.1) is 26.4 Å². The van der Waals surface area contributed by atoms with Crippen LogP contribution in [-0.2, 0) is 4.84 Å². The second-order valence-corrected chi connectivity index (χ2v) is 3.15. The Labute approximate surface area is 100 Å². The normalized spacial score (nSPS) is 9.88. The zero-order valence-corrected chi connectivity index (χ0v) is 10.4. The first-order chi connectivity index (χ1) is 8.12. The lowest BCUT2D eigenvalue weighted by Crippen LogP contribution is -2.25. The first kappa shape index (κ1) is 13.2. The SMILES string of the molecule is CCOc1cc(C(=O)N(C)OC)cc(OC)n1. The lowest BCUT2D eigenvalue weighted by atomic mass is 10.2. The minimum absolute atomic E-state index is 0.297. The third-order valence-electron chi connectivity index (χ3n) is 2.09. The molecule has 0 saturated heterocycles. The van der Waals surface area contributed by atoms with Gasteiger partial charge >= 0.3 is 0 Å². The van der Waals surface area contributed by atoms with E-state index < -0.39 is 0 Å². The van der Waals surface area contributed by atoms with Crippen LogP contribution in [0.1, 0.15) is 17.3 Å². The summed E-state index contributed by atoms with van der Waals surface area (Å²) in [6.45, 7) is 2.30. The summed E-state index contributed by atoms with van der Waals surface area (Å²) in [6.07, 6.45) is 0. The number of methoxy groups -OCH3 is 1. The van der Waals surface area contributed by atoms with Crippen molar-refractivity contribution in [2.24, 2.45) is 0 Å². The zero-order valence-electron chi connectivity index (χ0n) is 10.4. The highest BCUT2D eigenvalue weighted by Gasteiger charge is 2.15. The summed E-state index contributed by atoms with van der Waals surface area (Å²) in [5.41, 5.74) is 0.393. The predicted octanol–water partition coefficient (Wildman–Crippen LogP) is 1.12. The highest BCUT2D eigenvalue weighted by molar-refractivity contribution is 5.93. The van der Waals surface area contributed by atoms with E-state index in [2.05, 4.69) is 4.98 Å². The number of carbonyl (C=O) groups is 1. The molecule has 6 heteroatoms. The van der Waals surface area contributed by atoms with Crippen LogP contribution in [0.3, 0.4) is 0 Å². The maximum atomic E-state index is 11.9. The van der Waals surface area contributed by atoms with Crippen LogP contribution in [0.15, 0.2) is 12.1 Å². The van der Waals surface area contributed by atoms with E-state index in [9.17, 15) is 4.79 Å². The van der Waals surface area contributed by atoms with Gasteiger partial charge in [0.1, 0.15) is 0 Å². The van der Waals surface area contributed by atoms with E-state index in [0.29, 0.717) is 23.9 Å². The molecule has 0 fully saturated rings. The first-order valence-corrected chi connectivity index (χ1v) is 5.13. The van der Waals surface area contributed by atoms with E-state index in [4.69, 9.17) is 14.3 Å². The van der Waals surface area contributed by atoms with Crippen LogP contribution in [0.2, 0.25) is 0 Å². The van der Waals surface area contributed by atoms with Gasteiger partial charge in [-0.25, -0.2) is 5.06 Å². The molecule has 1 aromatic heterocycles. The maximum absolute atomic E-state index is 11.9. The number of rotatable bonds is 5. The monoisotopic (exact) mass is 240 g/mol. The fraction of sp³-hybridized carbons (Fsp3) is 0.455. The van der Waals surface area contributed by atoms with Gasteiger partial charge in [-0.15, -0.1) is 0 Å². The lowest BCUT2D eigenvalue weighted by molar-refractivity contribution is -0.0757. The number of carbonyl (C=O) groups excluding carboxylic acids is 1. The number of amides is 1. The van der Waals surface area contributed by atoms with Gasteiger partial charge < -0.3 is 9.47 Å². The Morgan fingerprint density at radius 2 is 2.00 bits per heavy atom. The molecule has 0 radical (unpaired) electrons. The number of ether oxygens (including phenoxy) is 2. The van der Waals surface area contributed by atoms with Crippen molar-refractivity contribution in [2.45, 2.75) is 6.92 Å². The molecule has 6 nitrogen and oxygen atoms in total.